The highest BCUT2D eigenvalue weighted by atomic mass is 35.5. The fraction of sp³-hybridized carbons (Fsp3) is 0.350. The number of aromatic nitrogens is 3. The molecule has 3 aromatic rings. The SMILES string of the molecule is Cc1cc(CN2CCN(C(=O)c3cnn(Cc4ccccc4Cl)c3)CC2)on1. The van der Waals surface area contributed by atoms with Gasteiger partial charge in [0.05, 0.1) is 30.5 Å². The summed E-state index contributed by atoms with van der Waals surface area (Å²) in [5.41, 5.74) is 2.46. The summed E-state index contributed by atoms with van der Waals surface area (Å²) >= 11 is 6.21. The number of piperazine rings is 1. The van der Waals surface area contributed by atoms with E-state index in [4.69, 9.17) is 16.1 Å². The number of rotatable bonds is 5. The Morgan fingerprint density at radius 3 is 2.68 bits per heavy atom. The predicted octanol–water partition coefficient (Wildman–Crippen LogP) is 2.84. The van der Waals surface area contributed by atoms with Gasteiger partial charge in [-0.15, -0.1) is 0 Å². The van der Waals surface area contributed by atoms with Gasteiger partial charge < -0.3 is 9.42 Å². The molecule has 7 nitrogen and oxygen atoms in total. The molecule has 8 heteroatoms. The first-order valence-electron chi connectivity index (χ1n) is 9.28. The highest BCUT2D eigenvalue weighted by molar-refractivity contribution is 6.31. The molecule has 4 rings (SSSR count). The summed E-state index contributed by atoms with van der Waals surface area (Å²) in [5.74, 6) is 0.874. The van der Waals surface area contributed by atoms with Crippen LogP contribution in [0.25, 0.3) is 0 Å². The number of hydrogen-bond acceptors (Lipinski definition) is 5. The number of nitrogens with zero attached hydrogens (tertiary/aromatic N) is 5. The fourth-order valence-electron chi connectivity index (χ4n) is 3.36. The predicted molar refractivity (Wildman–Crippen MR) is 105 cm³/mol. The van der Waals surface area contributed by atoms with Crippen LogP contribution in [-0.2, 0) is 13.1 Å². The average Bonchev–Trinajstić information content (AvgIpc) is 3.33. The smallest absolute Gasteiger partial charge is 0.257 e. The number of aryl methyl sites for hydroxylation is 1. The van der Waals surface area contributed by atoms with Crippen LogP contribution in [0, 0.1) is 6.92 Å². The maximum atomic E-state index is 12.8. The molecule has 0 N–H and O–H groups in total. The molecule has 1 aliphatic rings. The second kappa shape index (κ2) is 8.16. The molecule has 0 atom stereocenters. The zero-order chi connectivity index (χ0) is 19.5. The molecule has 0 bridgehead atoms. The second-order valence-electron chi connectivity index (χ2n) is 7.02. The number of benzene rings is 1. The van der Waals surface area contributed by atoms with Gasteiger partial charge in [0.1, 0.15) is 0 Å². The van der Waals surface area contributed by atoms with E-state index in [1.165, 1.54) is 0 Å². The maximum absolute atomic E-state index is 12.8. The van der Waals surface area contributed by atoms with Gasteiger partial charge in [-0.2, -0.15) is 5.10 Å². The monoisotopic (exact) mass is 399 g/mol. The first-order valence-corrected chi connectivity index (χ1v) is 9.66. The van der Waals surface area contributed by atoms with Crippen LogP contribution in [-0.4, -0.2) is 56.8 Å². The summed E-state index contributed by atoms with van der Waals surface area (Å²) in [6, 6.07) is 9.60. The van der Waals surface area contributed by atoms with Crippen molar-refractivity contribution in [1.29, 1.82) is 0 Å². The summed E-state index contributed by atoms with van der Waals surface area (Å²) in [6.45, 7) is 6.15. The lowest BCUT2D eigenvalue weighted by Crippen LogP contribution is -2.48. The molecule has 0 spiro atoms. The normalized spacial score (nSPS) is 15.1. The van der Waals surface area contributed by atoms with Gasteiger partial charge in [0, 0.05) is 43.5 Å². The number of amides is 1. The Hall–Kier alpha value is -2.64. The third-order valence-corrected chi connectivity index (χ3v) is 5.25. The van der Waals surface area contributed by atoms with E-state index in [0.29, 0.717) is 30.2 Å². The fourth-order valence-corrected chi connectivity index (χ4v) is 3.56. The maximum Gasteiger partial charge on any atom is 0.257 e. The number of halogens is 1. The Balaban J connectivity index is 1.33. The summed E-state index contributed by atoms with van der Waals surface area (Å²) in [4.78, 5) is 16.9. The molecule has 1 aromatic carbocycles. The van der Waals surface area contributed by atoms with E-state index in [-0.39, 0.29) is 5.91 Å². The van der Waals surface area contributed by atoms with E-state index in [9.17, 15) is 4.79 Å². The van der Waals surface area contributed by atoms with Crippen LogP contribution in [0.2, 0.25) is 5.02 Å². The van der Waals surface area contributed by atoms with E-state index in [2.05, 4.69) is 15.2 Å². The first-order chi connectivity index (χ1) is 13.6. The highest BCUT2D eigenvalue weighted by Crippen LogP contribution is 2.17. The standard InChI is InChI=1S/C20H22ClN5O2/c1-15-10-18(28-23-15)14-24-6-8-25(9-7-24)20(27)17-11-22-26(13-17)12-16-4-2-3-5-19(16)21/h2-5,10-11,13H,6-9,12,14H2,1H3. The largest absolute Gasteiger partial charge is 0.360 e. The van der Waals surface area contributed by atoms with Crippen molar-refractivity contribution in [2.45, 2.75) is 20.0 Å². The Labute approximate surface area is 168 Å². The minimum absolute atomic E-state index is 0.0144. The molecule has 0 radical (unpaired) electrons. The van der Waals surface area contributed by atoms with Crippen molar-refractivity contribution in [1.82, 2.24) is 24.7 Å². The van der Waals surface area contributed by atoms with Crippen LogP contribution in [0.4, 0.5) is 0 Å². The van der Waals surface area contributed by atoms with Crippen molar-refractivity contribution in [3.8, 4) is 0 Å². The number of hydrogen-bond donors (Lipinski definition) is 0. The molecule has 0 unspecified atom stereocenters. The molecule has 0 saturated carbocycles. The van der Waals surface area contributed by atoms with Crippen molar-refractivity contribution in [2.24, 2.45) is 0 Å². The molecule has 3 heterocycles. The number of carbonyl (C=O) groups excluding carboxylic acids is 1. The number of carbonyl (C=O) groups is 1. The summed E-state index contributed by atoms with van der Waals surface area (Å²) in [7, 11) is 0. The molecule has 1 saturated heterocycles. The minimum atomic E-state index is 0.0144. The first kappa shape index (κ1) is 18.7. The van der Waals surface area contributed by atoms with Crippen molar-refractivity contribution < 1.29 is 9.32 Å². The van der Waals surface area contributed by atoms with Gasteiger partial charge in [0.2, 0.25) is 0 Å². The second-order valence-corrected chi connectivity index (χ2v) is 7.43. The Morgan fingerprint density at radius 2 is 1.96 bits per heavy atom. The Morgan fingerprint density at radius 1 is 1.18 bits per heavy atom. The molecule has 0 aliphatic carbocycles. The molecule has 1 amide bonds. The van der Waals surface area contributed by atoms with E-state index < -0.39 is 0 Å². The van der Waals surface area contributed by atoms with Crippen LogP contribution in [0.1, 0.15) is 27.4 Å². The van der Waals surface area contributed by atoms with Gasteiger partial charge in [-0.1, -0.05) is 35.0 Å². The van der Waals surface area contributed by atoms with E-state index in [1.807, 2.05) is 42.2 Å². The molecule has 28 heavy (non-hydrogen) atoms. The van der Waals surface area contributed by atoms with Crippen LogP contribution in [0.5, 0.6) is 0 Å². The molecule has 2 aromatic heterocycles. The topological polar surface area (TPSA) is 67.4 Å². The molecule has 146 valence electrons. The minimum Gasteiger partial charge on any atom is -0.360 e. The quantitative estimate of drug-likeness (QED) is 0.660. The van der Waals surface area contributed by atoms with Gasteiger partial charge in [-0.25, -0.2) is 0 Å². The van der Waals surface area contributed by atoms with Crippen LogP contribution in [0.15, 0.2) is 47.2 Å². The van der Waals surface area contributed by atoms with Gasteiger partial charge in [0.25, 0.3) is 5.91 Å². The lowest BCUT2D eigenvalue weighted by Gasteiger charge is -2.33. The van der Waals surface area contributed by atoms with E-state index in [1.54, 1.807) is 17.1 Å². The molecular weight excluding hydrogens is 378 g/mol. The van der Waals surface area contributed by atoms with E-state index in [0.717, 1.165) is 36.7 Å². The summed E-state index contributed by atoms with van der Waals surface area (Å²) in [6.07, 6.45) is 3.41. The lowest BCUT2D eigenvalue weighted by atomic mass is 10.2. The van der Waals surface area contributed by atoms with E-state index >= 15 is 0 Å². The Bertz CT molecular complexity index is 959. The average molecular weight is 400 g/mol. The third-order valence-electron chi connectivity index (χ3n) is 4.89. The molecular formula is C20H22ClN5O2. The Kier molecular flexibility index (Phi) is 5.45. The molecule has 1 aliphatic heterocycles. The summed E-state index contributed by atoms with van der Waals surface area (Å²) < 4.78 is 7.02. The van der Waals surface area contributed by atoms with Crippen molar-refractivity contribution in [3.63, 3.8) is 0 Å². The van der Waals surface area contributed by atoms with Gasteiger partial charge in [-0.3, -0.25) is 14.4 Å². The zero-order valence-electron chi connectivity index (χ0n) is 15.7. The lowest BCUT2D eigenvalue weighted by molar-refractivity contribution is 0.0617. The summed E-state index contributed by atoms with van der Waals surface area (Å²) in [5, 5.41) is 8.94. The van der Waals surface area contributed by atoms with Gasteiger partial charge in [-0.05, 0) is 18.6 Å². The third kappa shape index (κ3) is 4.26. The zero-order valence-corrected chi connectivity index (χ0v) is 16.5. The van der Waals surface area contributed by atoms with Crippen LogP contribution < -0.4 is 0 Å². The van der Waals surface area contributed by atoms with Crippen molar-refractivity contribution in [2.75, 3.05) is 26.2 Å². The van der Waals surface area contributed by atoms with Crippen LogP contribution >= 0.6 is 11.6 Å². The van der Waals surface area contributed by atoms with Crippen molar-refractivity contribution >= 4 is 17.5 Å². The molecule has 1 fully saturated rings. The van der Waals surface area contributed by atoms with Gasteiger partial charge in [0.15, 0.2) is 5.76 Å². The highest BCUT2D eigenvalue weighted by Gasteiger charge is 2.23. The van der Waals surface area contributed by atoms with Gasteiger partial charge >= 0.3 is 0 Å². The van der Waals surface area contributed by atoms with Crippen LogP contribution in [0.3, 0.4) is 0 Å². The van der Waals surface area contributed by atoms with Crippen molar-refractivity contribution in [3.05, 3.63) is 70.3 Å².